The van der Waals surface area contributed by atoms with Gasteiger partial charge in [-0.2, -0.15) is 0 Å². The molecule has 0 fully saturated rings. The summed E-state index contributed by atoms with van der Waals surface area (Å²) in [4.78, 5) is 20.7. The zero-order valence-corrected chi connectivity index (χ0v) is 25.0. The molecule has 2 aromatic rings. The van der Waals surface area contributed by atoms with Gasteiger partial charge in [-0.25, -0.2) is 13.4 Å². The minimum atomic E-state index is -4.63. The first kappa shape index (κ1) is 31.2. The SMILES string of the molecule is CC(CC(SC(=S)SCc1ccccn1)S(=O)(=O)[O-])C(=O)NCCSSc1ccccn1.[Na+]. The maximum Gasteiger partial charge on any atom is 1.00 e. The Labute approximate surface area is 238 Å². The average Bonchev–Trinajstić information content (AvgIpc) is 2.77. The predicted molar refractivity (Wildman–Crippen MR) is 139 cm³/mol. The van der Waals surface area contributed by atoms with Crippen LogP contribution in [-0.2, 0) is 20.7 Å². The predicted octanol–water partition coefficient (Wildman–Crippen LogP) is 1.19. The fraction of sp³-hybridized carbons (Fsp3) is 0.368. The largest absolute Gasteiger partial charge is 1.00 e. The maximum absolute atomic E-state index is 12.3. The van der Waals surface area contributed by atoms with E-state index in [0.717, 1.165) is 22.5 Å². The summed E-state index contributed by atoms with van der Waals surface area (Å²) in [5.41, 5.74) is 0.800. The van der Waals surface area contributed by atoms with Crippen LogP contribution in [0, 0.1) is 5.92 Å². The van der Waals surface area contributed by atoms with E-state index in [1.165, 1.54) is 22.6 Å². The summed E-state index contributed by atoms with van der Waals surface area (Å²) < 4.78 is 34.2. The number of nitrogens with zero attached hydrogens (tertiary/aromatic N) is 2. The van der Waals surface area contributed by atoms with Gasteiger partial charge >= 0.3 is 29.6 Å². The molecule has 2 rings (SSSR count). The summed E-state index contributed by atoms with van der Waals surface area (Å²) in [6, 6.07) is 11.1. The molecule has 0 saturated carbocycles. The van der Waals surface area contributed by atoms with Crippen LogP contribution in [0.4, 0.5) is 0 Å². The minimum Gasteiger partial charge on any atom is -0.747 e. The van der Waals surface area contributed by atoms with Crippen molar-refractivity contribution in [3.63, 3.8) is 0 Å². The zero-order chi connectivity index (χ0) is 23.4. The van der Waals surface area contributed by atoms with Crippen LogP contribution in [0.5, 0.6) is 0 Å². The molecule has 14 heteroatoms. The zero-order valence-electron chi connectivity index (χ0n) is 18.1. The first-order valence-electron chi connectivity index (χ1n) is 9.42. The number of pyridine rings is 2. The second kappa shape index (κ2) is 16.8. The van der Waals surface area contributed by atoms with Crippen molar-refractivity contribution in [3.8, 4) is 0 Å². The Morgan fingerprint density at radius 3 is 2.48 bits per heavy atom. The second-order valence-corrected chi connectivity index (χ2v) is 14.1. The number of hydrogen-bond donors (Lipinski definition) is 1. The number of amides is 1. The molecule has 174 valence electrons. The van der Waals surface area contributed by atoms with Crippen molar-refractivity contribution in [1.82, 2.24) is 15.3 Å². The van der Waals surface area contributed by atoms with E-state index in [1.807, 2.05) is 30.3 Å². The molecule has 0 aromatic carbocycles. The van der Waals surface area contributed by atoms with Gasteiger partial charge in [0.05, 0.1) is 5.69 Å². The second-order valence-electron chi connectivity index (χ2n) is 6.40. The van der Waals surface area contributed by atoms with Gasteiger partial charge in [0.15, 0.2) is 0 Å². The van der Waals surface area contributed by atoms with E-state index in [0.29, 0.717) is 21.6 Å². The molecular formula is C19H22N3NaO4S6. The van der Waals surface area contributed by atoms with Crippen LogP contribution in [0.3, 0.4) is 0 Å². The van der Waals surface area contributed by atoms with Crippen molar-refractivity contribution in [1.29, 1.82) is 0 Å². The molecule has 33 heavy (non-hydrogen) atoms. The molecule has 2 heterocycles. The molecule has 0 aliphatic rings. The fourth-order valence-electron chi connectivity index (χ4n) is 2.27. The Bertz CT molecular complexity index is 970. The topological polar surface area (TPSA) is 112 Å². The van der Waals surface area contributed by atoms with Gasteiger partial charge in [0.1, 0.15) is 23.3 Å². The summed E-state index contributed by atoms with van der Waals surface area (Å²) in [5.74, 6) is 0.192. The van der Waals surface area contributed by atoms with Crippen molar-refractivity contribution < 1.29 is 47.3 Å². The van der Waals surface area contributed by atoms with Gasteiger partial charge in [0.25, 0.3) is 0 Å². The molecule has 2 aromatic heterocycles. The molecule has 2 unspecified atom stereocenters. The number of hydrogen-bond acceptors (Lipinski definition) is 11. The molecule has 0 aliphatic carbocycles. The summed E-state index contributed by atoms with van der Waals surface area (Å²) in [5, 5.41) is 3.66. The van der Waals surface area contributed by atoms with E-state index in [1.54, 1.807) is 36.2 Å². The average molecular weight is 572 g/mol. The van der Waals surface area contributed by atoms with Crippen LogP contribution in [0.2, 0.25) is 0 Å². The van der Waals surface area contributed by atoms with Crippen LogP contribution < -0.4 is 34.9 Å². The smallest absolute Gasteiger partial charge is 0.747 e. The van der Waals surface area contributed by atoms with E-state index < -0.39 is 20.6 Å². The van der Waals surface area contributed by atoms with E-state index in [4.69, 9.17) is 12.2 Å². The molecule has 2 atom stereocenters. The van der Waals surface area contributed by atoms with E-state index >= 15 is 0 Å². The van der Waals surface area contributed by atoms with E-state index in [-0.39, 0.29) is 41.9 Å². The molecule has 0 spiro atoms. The van der Waals surface area contributed by atoms with Crippen LogP contribution in [0.15, 0.2) is 53.8 Å². The number of nitrogens with one attached hydrogen (secondary N) is 1. The summed E-state index contributed by atoms with van der Waals surface area (Å²) in [7, 11) is -1.56. The normalized spacial score (nSPS) is 12.9. The standard InChI is InChI=1S/C19H23N3O4S6.Na/c1-14(18(23)22-10-11-29-31-16-7-3-5-9-21-16)12-17(32(24,25)26)30-19(27)28-13-15-6-2-4-8-20-15;/h2-9,14,17H,10-13H2,1H3,(H,22,23)(H,24,25,26);/q;+1/p-1. The molecule has 7 nitrogen and oxygen atoms in total. The van der Waals surface area contributed by atoms with Gasteiger partial charge in [0, 0.05) is 36.4 Å². The van der Waals surface area contributed by atoms with Gasteiger partial charge in [0.2, 0.25) is 5.91 Å². The van der Waals surface area contributed by atoms with E-state index in [9.17, 15) is 17.8 Å². The van der Waals surface area contributed by atoms with Crippen molar-refractivity contribution in [2.75, 3.05) is 12.3 Å². The Balaban J connectivity index is 0.00000544. The molecular weight excluding hydrogens is 550 g/mol. The third kappa shape index (κ3) is 13.2. The number of rotatable bonds is 12. The van der Waals surface area contributed by atoms with Crippen LogP contribution >= 0.6 is 57.3 Å². The quantitative estimate of drug-likeness (QED) is 0.130. The molecule has 0 saturated heterocycles. The summed E-state index contributed by atoms with van der Waals surface area (Å²) in [6.45, 7) is 2.03. The van der Waals surface area contributed by atoms with Gasteiger partial charge in [-0.15, -0.1) is 11.8 Å². The Hall–Kier alpha value is 0.170. The molecule has 1 N–H and O–H groups in total. The van der Waals surface area contributed by atoms with E-state index in [2.05, 4.69) is 15.3 Å². The van der Waals surface area contributed by atoms with Crippen molar-refractivity contribution >= 4 is 76.9 Å². The number of carbonyl (C=O) groups is 1. The Kier molecular flexibility index (Phi) is 15.9. The first-order valence-corrected chi connectivity index (χ1v) is 15.5. The number of thiocarbonyl (C=S) groups is 1. The third-order valence-electron chi connectivity index (χ3n) is 3.87. The summed E-state index contributed by atoms with van der Waals surface area (Å²) in [6.07, 6.45) is 3.27. The fourth-order valence-corrected chi connectivity index (χ4v) is 8.06. The molecule has 0 aliphatic heterocycles. The monoisotopic (exact) mass is 571 g/mol. The number of aromatic nitrogens is 2. The summed E-state index contributed by atoms with van der Waals surface area (Å²) >= 11 is 7.30. The number of carbonyl (C=O) groups excluding carboxylic acids is 1. The Morgan fingerprint density at radius 2 is 1.88 bits per heavy atom. The van der Waals surface area contributed by atoms with Crippen LogP contribution in [0.1, 0.15) is 19.0 Å². The van der Waals surface area contributed by atoms with Crippen LogP contribution in [-0.4, -0.2) is 49.3 Å². The molecule has 0 bridgehead atoms. The van der Waals surface area contributed by atoms with Crippen molar-refractivity contribution in [3.05, 3.63) is 54.5 Å². The van der Waals surface area contributed by atoms with Gasteiger partial charge in [-0.3, -0.25) is 9.78 Å². The Morgan fingerprint density at radius 1 is 1.18 bits per heavy atom. The van der Waals surface area contributed by atoms with Crippen molar-refractivity contribution in [2.24, 2.45) is 5.92 Å². The van der Waals surface area contributed by atoms with Gasteiger partial charge in [-0.1, -0.05) is 53.8 Å². The molecule has 1 amide bonds. The maximum atomic E-state index is 12.3. The van der Waals surface area contributed by atoms with Crippen LogP contribution in [0.25, 0.3) is 0 Å². The van der Waals surface area contributed by atoms with Crippen molar-refractivity contribution in [2.45, 2.75) is 28.7 Å². The van der Waals surface area contributed by atoms with Gasteiger partial charge in [-0.05, 0) is 41.5 Å². The minimum absolute atomic E-state index is 0. The number of thioether (sulfide) groups is 2. The van der Waals surface area contributed by atoms with Gasteiger partial charge < -0.3 is 9.87 Å². The first-order chi connectivity index (χ1) is 15.3. The molecule has 0 radical (unpaired) electrons. The third-order valence-corrected chi connectivity index (χ3v) is 10.6.